The number of carbonyl (C=O) groups is 1. The molecule has 1 unspecified atom stereocenters. The van der Waals surface area contributed by atoms with Crippen LogP contribution in [0.5, 0.6) is 0 Å². The van der Waals surface area contributed by atoms with E-state index in [0.29, 0.717) is 22.8 Å². The Labute approximate surface area is 140 Å². The largest absolute Gasteiger partial charge is 0.322 e. The zero-order valence-electron chi connectivity index (χ0n) is 12.9. The number of carbonyl (C=O) groups excluding carboxylic acids is 1. The average Bonchev–Trinajstić information content (AvgIpc) is 3.01. The zero-order chi connectivity index (χ0) is 16.4. The number of halogens is 2. The number of hydrogen-bond acceptors (Lipinski definition) is 1. The minimum atomic E-state index is -0.267. The fourth-order valence-electron chi connectivity index (χ4n) is 2.99. The fourth-order valence-corrected chi connectivity index (χ4v) is 3.17. The van der Waals surface area contributed by atoms with Crippen LogP contribution in [0, 0.1) is 12.7 Å². The van der Waals surface area contributed by atoms with Gasteiger partial charge < -0.3 is 10.2 Å². The van der Waals surface area contributed by atoms with Crippen LogP contribution >= 0.6 is 11.6 Å². The highest BCUT2D eigenvalue weighted by Gasteiger charge is 2.31. The maximum absolute atomic E-state index is 14.0. The summed E-state index contributed by atoms with van der Waals surface area (Å²) in [7, 11) is 0. The van der Waals surface area contributed by atoms with Crippen LogP contribution in [-0.4, -0.2) is 17.5 Å². The predicted octanol–water partition coefficient (Wildman–Crippen LogP) is 5.16. The Kier molecular flexibility index (Phi) is 4.53. The minimum Gasteiger partial charge on any atom is -0.317 e. The molecule has 3 rings (SSSR count). The highest BCUT2D eigenvalue weighted by atomic mass is 35.5. The second-order valence-electron chi connectivity index (χ2n) is 5.76. The van der Waals surface area contributed by atoms with Crippen molar-refractivity contribution >= 4 is 23.3 Å². The molecule has 1 N–H and O–H groups in total. The number of rotatable bonds is 2. The Morgan fingerprint density at radius 3 is 2.87 bits per heavy atom. The van der Waals surface area contributed by atoms with Crippen LogP contribution < -0.4 is 5.32 Å². The summed E-state index contributed by atoms with van der Waals surface area (Å²) in [6.07, 6.45) is 1.63. The van der Waals surface area contributed by atoms with Gasteiger partial charge in [-0.3, -0.25) is 0 Å². The Morgan fingerprint density at radius 1 is 1.30 bits per heavy atom. The van der Waals surface area contributed by atoms with Crippen molar-refractivity contribution in [1.29, 1.82) is 0 Å². The second-order valence-corrected chi connectivity index (χ2v) is 6.20. The van der Waals surface area contributed by atoms with Gasteiger partial charge in [-0.25, -0.2) is 9.18 Å². The molecule has 23 heavy (non-hydrogen) atoms. The molecule has 120 valence electrons. The van der Waals surface area contributed by atoms with Crippen molar-refractivity contribution in [3.05, 3.63) is 64.4 Å². The van der Waals surface area contributed by atoms with Gasteiger partial charge in [-0.1, -0.05) is 35.9 Å². The van der Waals surface area contributed by atoms with Crippen molar-refractivity contribution in [3.63, 3.8) is 0 Å². The van der Waals surface area contributed by atoms with Gasteiger partial charge in [-0.2, -0.15) is 0 Å². The maximum atomic E-state index is 14.0. The molecule has 1 aliphatic rings. The second kappa shape index (κ2) is 6.59. The molecule has 1 atom stereocenters. The number of nitrogens with one attached hydrogen (secondary N) is 1. The zero-order valence-corrected chi connectivity index (χ0v) is 13.6. The van der Waals surface area contributed by atoms with E-state index in [0.717, 1.165) is 18.4 Å². The van der Waals surface area contributed by atoms with Gasteiger partial charge in [0, 0.05) is 22.8 Å². The third kappa shape index (κ3) is 3.32. The minimum absolute atomic E-state index is 0.221. The first kappa shape index (κ1) is 15.8. The van der Waals surface area contributed by atoms with E-state index < -0.39 is 0 Å². The number of amides is 2. The molecule has 0 saturated carbocycles. The van der Waals surface area contributed by atoms with E-state index in [4.69, 9.17) is 11.6 Å². The Hall–Kier alpha value is -2.07. The average molecular weight is 333 g/mol. The smallest absolute Gasteiger partial charge is 0.317 e. The number of aryl methyl sites for hydroxylation is 1. The lowest BCUT2D eigenvalue weighted by Gasteiger charge is -2.26. The molecular weight excluding hydrogens is 315 g/mol. The number of nitrogens with zero attached hydrogens (tertiary/aromatic N) is 1. The third-order valence-electron chi connectivity index (χ3n) is 4.22. The van der Waals surface area contributed by atoms with Gasteiger partial charge >= 0.3 is 6.03 Å². The van der Waals surface area contributed by atoms with Crippen LogP contribution in [0.15, 0.2) is 42.5 Å². The summed E-state index contributed by atoms with van der Waals surface area (Å²) >= 11 is 5.99. The number of benzene rings is 2. The molecule has 1 fully saturated rings. The summed E-state index contributed by atoms with van der Waals surface area (Å²) in [6.45, 7) is 2.52. The molecule has 2 aromatic carbocycles. The Balaban J connectivity index is 1.81. The molecule has 2 aromatic rings. The van der Waals surface area contributed by atoms with Crippen molar-refractivity contribution in [2.24, 2.45) is 0 Å². The van der Waals surface area contributed by atoms with Crippen LogP contribution in [0.3, 0.4) is 0 Å². The Bertz CT molecular complexity index is 735. The molecule has 0 bridgehead atoms. The monoisotopic (exact) mass is 332 g/mol. The molecule has 1 saturated heterocycles. The van der Waals surface area contributed by atoms with E-state index in [2.05, 4.69) is 5.32 Å². The number of urea groups is 1. The number of hydrogen-bond donors (Lipinski definition) is 1. The maximum Gasteiger partial charge on any atom is 0.322 e. The molecule has 5 heteroatoms. The van der Waals surface area contributed by atoms with Gasteiger partial charge in [0.2, 0.25) is 0 Å². The normalized spacial score (nSPS) is 17.3. The van der Waals surface area contributed by atoms with Gasteiger partial charge in [-0.05, 0) is 43.5 Å². The highest BCUT2D eigenvalue weighted by Crippen LogP contribution is 2.34. The first-order chi connectivity index (χ1) is 11.1. The van der Waals surface area contributed by atoms with Crippen LogP contribution in [0.25, 0.3) is 0 Å². The summed E-state index contributed by atoms with van der Waals surface area (Å²) in [5.41, 5.74) is 2.19. The van der Waals surface area contributed by atoms with Crippen molar-refractivity contribution in [1.82, 2.24) is 4.90 Å². The molecule has 0 radical (unpaired) electrons. The summed E-state index contributed by atoms with van der Waals surface area (Å²) in [6, 6.07) is 11.6. The van der Waals surface area contributed by atoms with E-state index in [9.17, 15) is 9.18 Å². The van der Waals surface area contributed by atoms with Crippen LogP contribution in [0.4, 0.5) is 14.9 Å². The fraction of sp³-hybridized carbons (Fsp3) is 0.278. The predicted molar refractivity (Wildman–Crippen MR) is 90.3 cm³/mol. The first-order valence-electron chi connectivity index (χ1n) is 7.64. The number of anilines is 1. The van der Waals surface area contributed by atoms with Crippen LogP contribution in [-0.2, 0) is 0 Å². The van der Waals surface area contributed by atoms with E-state index in [-0.39, 0.29) is 17.9 Å². The van der Waals surface area contributed by atoms with E-state index in [1.54, 1.807) is 35.2 Å². The van der Waals surface area contributed by atoms with Crippen molar-refractivity contribution < 1.29 is 9.18 Å². The lowest BCUT2D eigenvalue weighted by molar-refractivity contribution is 0.206. The van der Waals surface area contributed by atoms with Crippen LogP contribution in [0.1, 0.15) is 30.0 Å². The topological polar surface area (TPSA) is 32.3 Å². The van der Waals surface area contributed by atoms with Gasteiger partial charge in [0.1, 0.15) is 5.82 Å². The van der Waals surface area contributed by atoms with Crippen molar-refractivity contribution in [3.8, 4) is 0 Å². The molecule has 0 aromatic heterocycles. The van der Waals surface area contributed by atoms with Gasteiger partial charge in [0.25, 0.3) is 0 Å². The highest BCUT2D eigenvalue weighted by molar-refractivity contribution is 6.31. The van der Waals surface area contributed by atoms with Crippen molar-refractivity contribution in [2.75, 3.05) is 11.9 Å². The van der Waals surface area contributed by atoms with E-state index in [1.165, 1.54) is 6.07 Å². The standard InChI is InChI=1S/C18H18ClFN2O/c1-12-8-9-13(19)11-16(12)21-18(23)22-10-4-7-17(22)14-5-2-3-6-15(14)20/h2-3,5-6,8-9,11,17H,4,7,10H2,1H3,(H,21,23). The summed E-state index contributed by atoms with van der Waals surface area (Å²) in [4.78, 5) is 14.3. The van der Waals surface area contributed by atoms with Gasteiger partial charge in [-0.15, -0.1) is 0 Å². The van der Waals surface area contributed by atoms with Crippen molar-refractivity contribution in [2.45, 2.75) is 25.8 Å². The molecule has 3 nitrogen and oxygen atoms in total. The summed E-state index contributed by atoms with van der Waals surface area (Å²) < 4.78 is 14.0. The lowest BCUT2D eigenvalue weighted by Crippen LogP contribution is -2.35. The molecule has 0 spiro atoms. The molecular formula is C18H18ClFN2O. The lowest BCUT2D eigenvalue weighted by atomic mass is 10.0. The van der Waals surface area contributed by atoms with Gasteiger partial charge in [0.15, 0.2) is 0 Å². The summed E-state index contributed by atoms with van der Waals surface area (Å²) in [5, 5.41) is 3.46. The molecule has 1 heterocycles. The van der Waals surface area contributed by atoms with E-state index >= 15 is 0 Å². The molecule has 2 amide bonds. The Morgan fingerprint density at radius 2 is 2.09 bits per heavy atom. The SMILES string of the molecule is Cc1ccc(Cl)cc1NC(=O)N1CCCC1c1ccccc1F. The third-order valence-corrected chi connectivity index (χ3v) is 4.45. The number of likely N-dealkylation sites (tertiary alicyclic amines) is 1. The van der Waals surface area contributed by atoms with E-state index in [1.807, 2.05) is 13.0 Å². The molecule has 0 aliphatic carbocycles. The summed E-state index contributed by atoms with van der Waals surface area (Å²) in [5.74, 6) is -0.267. The van der Waals surface area contributed by atoms with Gasteiger partial charge in [0.05, 0.1) is 6.04 Å². The first-order valence-corrected chi connectivity index (χ1v) is 8.02. The molecule has 1 aliphatic heterocycles. The van der Waals surface area contributed by atoms with Crippen LogP contribution in [0.2, 0.25) is 5.02 Å². The quantitative estimate of drug-likeness (QED) is 0.809.